The number of rotatable bonds is 4. The van der Waals surface area contributed by atoms with Crippen molar-refractivity contribution in [3.8, 4) is 0 Å². The van der Waals surface area contributed by atoms with E-state index in [9.17, 15) is 22.4 Å². The first-order valence-electron chi connectivity index (χ1n) is 7.89. The number of carbonyl (C=O) groups excluding carboxylic acids is 1. The molecule has 0 saturated carbocycles. The van der Waals surface area contributed by atoms with Crippen molar-refractivity contribution in [3.05, 3.63) is 53.9 Å². The Balaban J connectivity index is 1.53. The van der Waals surface area contributed by atoms with Crippen molar-refractivity contribution in [2.75, 3.05) is 17.2 Å². The van der Waals surface area contributed by atoms with E-state index < -0.39 is 24.1 Å². The van der Waals surface area contributed by atoms with Gasteiger partial charge in [-0.05, 0) is 36.2 Å². The average Bonchev–Trinajstić information content (AvgIpc) is 2.59. The van der Waals surface area contributed by atoms with Gasteiger partial charge < -0.3 is 16.0 Å². The third-order valence-corrected chi connectivity index (χ3v) is 3.99. The van der Waals surface area contributed by atoms with E-state index in [0.717, 1.165) is 23.9 Å². The molecule has 26 heavy (non-hydrogen) atoms. The molecular weight excluding hydrogens is 352 g/mol. The van der Waals surface area contributed by atoms with Crippen LogP contribution in [0, 0.1) is 0 Å². The second-order valence-corrected chi connectivity index (χ2v) is 5.94. The summed E-state index contributed by atoms with van der Waals surface area (Å²) in [7, 11) is 0. The monoisotopic (exact) mass is 368 g/mol. The van der Waals surface area contributed by atoms with E-state index in [0.29, 0.717) is 18.7 Å². The minimum Gasteiger partial charge on any atom is -0.308 e. The summed E-state index contributed by atoms with van der Waals surface area (Å²) < 4.78 is 50.5. The summed E-state index contributed by atoms with van der Waals surface area (Å²) in [5.41, 5.74) is 0.542. The molecule has 1 saturated heterocycles. The lowest BCUT2D eigenvalue weighted by Crippen LogP contribution is -2.55. The SMILES string of the molecule is O=C(Nc1ccc(C[C@@H]2NC[C@@H]2F)cc1)Nc1ccc(C(F)(F)F)nc1. The molecule has 2 heterocycles. The zero-order valence-electron chi connectivity index (χ0n) is 13.5. The van der Waals surface area contributed by atoms with Gasteiger partial charge in [-0.3, -0.25) is 0 Å². The average molecular weight is 368 g/mol. The van der Waals surface area contributed by atoms with Crippen molar-refractivity contribution in [3.63, 3.8) is 0 Å². The summed E-state index contributed by atoms with van der Waals surface area (Å²) >= 11 is 0. The first kappa shape index (κ1) is 18.1. The maximum atomic E-state index is 13.2. The lowest BCUT2D eigenvalue weighted by Gasteiger charge is -2.32. The zero-order chi connectivity index (χ0) is 18.7. The molecule has 2 amide bonds. The van der Waals surface area contributed by atoms with Crippen LogP contribution in [0.3, 0.4) is 0 Å². The third kappa shape index (κ3) is 4.48. The normalized spacial score (nSPS) is 19.5. The molecule has 1 aliphatic rings. The Morgan fingerprint density at radius 3 is 2.27 bits per heavy atom. The van der Waals surface area contributed by atoms with Crippen molar-refractivity contribution in [1.82, 2.24) is 10.3 Å². The Hall–Kier alpha value is -2.68. The molecule has 0 unspecified atom stereocenters. The number of halogens is 4. The summed E-state index contributed by atoms with van der Waals surface area (Å²) in [5, 5.41) is 7.96. The molecule has 1 aliphatic heterocycles. The number of urea groups is 1. The van der Waals surface area contributed by atoms with Gasteiger partial charge in [-0.15, -0.1) is 0 Å². The van der Waals surface area contributed by atoms with Crippen molar-refractivity contribution in [2.24, 2.45) is 0 Å². The number of benzene rings is 1. The maximum absolute atomic E-state index is 13.2. The highest BCUT2D eigenvalue weighted by Crippen LogP contribution is 2.27. The first-order valence-corrected chi connectivity index (χ1v) is 7.89. The molecule has 138 valence electrons. The number of amides is 2. The van der Waals surface area contributed by atoms with E-state index in [2.05, 4.69) is 20.9 Å². The van der Waals surface area contributed by atoms with Crippen LogP contribution in [-0.4, -0.2) is 29.8 Å². The second-order valence-electron chi connectivity index (χ2n) is 5.94. The van der Waals surface area contributed by atoms with Gasteiger partial charge in [0, 0.05) is 18.3 Å². The van der Waals surface area contributed by atoms with Crippen molar-refractivity contribution in [2.45, 2.75) is 24.8 Å². The van der Waals surface area contributed by atoms with Crippen LogP contribution in [0.4, 0.5) is 33.7 Å². The fourth-order valence-corrected chi connectivity index (χ4v) is 2.48. The van der Waals surface area contributed by atoms with Crippen LogP contribution in [0.1, 0.15) is 11.3 Å². The van der Waals surface area contributed by atoms with Crippen LogP contribution in [0.15, 0.2) is 42.6 Å². The number of aromatic nitrogens is 1. The van der Waals surface area contributed by atoms with Crippen LogP contribution in [-0.2, 0) is 12.6 Å². The van der Waals surface area contributed by atoms with E-state index in [1.165, 1.54) is 0 Å². The number of carbonyl (C=O) groups is 1. The summed E-state index contributed by atoms with van der Waals surface area (Å²) in [5.74, 6) is 0. The molecule has 5 nitrogen and oxygen atoms in total. The highest BCUT2D eigenvalue weighted by molar-refractivity contribution is 5.99. The molecule has 0 aliphatic carbocycles. The quantitative estimate of drug-likeness (QED) is 0.723. The van der Waals surface area contributed by atoms with Gasteiger partial charge >= 0.3 is 12.2 Å². The van der Waals surface area contributed by atoms with E-state index in [1.54, 1.807) is 24.3 Å². The van der Waals surface area contributed by atoms with Gasteiger partial charge in [-0.1, -0.05) is 12.1 Å². The molecule has 1 aromatic heterocycles. The Labute approximate surface area is 146 Å². The Morgan fingerprint density at radius 2 is 1.77 bits per heavy atom. The van der Waals surface area contributed by atoms with Gasteiger partial charge in [-0.25, -0.2) is 14.2 Å². The molecule has 2 atom stereocenters. The number of alkyl halides is 4. The molecule has 2 aromatic rings. The summed E-state index contributed by atoms with van der Waals surface area (Å²) in [6.07, 6.45) is -3.87. The zero-order valence-corrected chi connectivity index (χ0v) is 13.5. The molecule has 9 heteroatoms. The third-order valence-electron chi connectivity index (χ3n) is 3.99. The van der Waals surface area contributed by atoms with Crippen molar-refractivity contribution in [1.29, 1.82) is 0 Å². The summed E-state index contributed by atoms with van der Waals surface area (Å²) in [6.45, 7) is 0.378. The smallest absolute Gasteiger partial charge is 0.308 e. The van der Waals surface area contributed by atoms with Gasteiger partial charge in [0.25, 0.3) is 0 Å². The van der Waals surface area contributed by atoms with Crippen LogP contribution >= 0.6 is 0 Å². The van der Waals surface area contributed by atoms with Crippen LogP contribution in [0.5, 0.6) is 0 Å². The van der Waals surface area contributed by atoms with Gasteiger partial charge in [0.05, 0.1) is 11.9 Å². The topological polar surface area (TPSA) is 66.1 Å². The van der Waals surface area contributed by atoms with Gasteiger partial charge in [0.15, 0.2) is 0 Å². The predicted molar refractivity (Wildman–Crippen MR) is 88.7 cm³/mol. The number of nitrogens with zero attached hydrogens (tertiary/aromatic N) is 1. The first-order chi connectivity index (χ1) is 12.3. The van der Waals surface area contributed by atoms with Gasteiger partial charge in [0.1, 0.15) is 11.9 Å². The standard InChI is InChI=1S/C17H16F4N4O/c18-13-9-22-14(13)7-10-1-3-11(4-2-10)24-16(26)25-12-5-6-15(23-8-12)17(19,20)21/h1-6,8,13-14,22H,7,9H2,(H2,24,25,26)/t13-,14-/m0/s1. The van der Waals surface area contributed by atoms with Gasteiger partial charge in [-0.2, -0.15) is 13.2 Å². The maximum Gasteiger partial charge on any atom is 0.433 e. The Kier molecular flexibility index (Phi) is 5.08. The molecule has 0 spiro atoms. The minimum atomic E-state index is -4.53. The van der Waals surface area contributed by atoms with Crippen LogP contribution in [0.25, 0.3) is 0 Å². The number of anilines is 2. The fourth-order valence-electron chi connectivity index (χ4n) is 2.48. The Bertz CT molecular complexity index is 762. The molecule has 0 radical (unpaired) electrons. The van der Waals surface area contributed by atoms with Crippen molar-refractivity contribution >= 4 is 17.4 Å². The number of hydrogen-bond acceptors (Lipinski definition) is 3. The number of nitrogens with one attached hydrogen (secondary N) is 3. The minimum absolute atomic E-state index is 0.136. The van der Waals surface area contributed by atoms with Crippen LogP contribution in [0.2, 0.25) is 0 Å². The molecule has 0 bridgehead atoms. The molecule has 1 fully saturated rings. The predicted octanol–water partition coefficient (Wildman–Crippen LogP) is 3.60. The van der Waals surface area contributed by atoms with E-state index in [4.69, 9.17) is 0 Å². The highest BCUT2D eigenvalue weighted by Gasteiger charge is 2.32. The largest absolute Gasteiger partial charge is 0.433 e. The van der Waals surface area contributed by atoms with Crippen molar-refractivity contribution < 1.29 is 22.4 Å². The van der Waals surface area contributed by atoms with Crippen LogP contribution < -0.4 is 16.0 Å². The second kappa shape index (κ2) is 7.28. The fraction of sp³-hybridized carbons (Fsp3) is 0.294. The lowest BCUT2D eigenvalue weighted by atomic mass is 9.96. The molecular formula is C17H16F4N4O. The molecule has 1 aromatic carbocycles. The van der Waals surface area contributed by atoms with Gasteiger partial charge in [0.2, 0.25) is 0 Å². The van der Waals surface area contributed by atoms with E-state index in [1.807, 2.05) is 0 Å². The number of pyridine rings is 1. The highest BCUT2D eigenvalue weighted by atomic mass is 19.4. The summed E-state index contributed by atoms with van der Waals surface area (Å²) in [6, 6.07) is 8.03. The van der Waals surface area contributed by atoms with E-state index >= 15 is 0 Å². The van der Waals surface area contributed by atoms with E-state index in [-0.39, 0.29) is 11.7 Å². The number of hydrogen-bond donors (Lipinski definition) is 3. The molecule has 3 N–H and O–H groups in total. The molecule has 3 rings (SSSR count). The summed E-state index contributed by atoms with van der Waals surface area (Å²) in [4.78, 5) is 15.2. The Morgan fingerprint density at radius 1 is 1.12 bits per heavy atom. The lowest BCUT2D eigenvalue weighted by molar-refractivity contribution is -0.141.